The monoisotopic (exact) mass is 319 g/mol. The Labute approximate surface area is 134 Å². The minimum absolute atomic E-state index is 0.171. The lowest BCUT2D eigenvalue weighted by atomic mass is 9.76. The molecule has 2 aromatic carbocycles. The summed E-state index contributed by atoms with van der Waals surface area (Å²) in [6.45, 7) is 0. The van der Waals surface area contributed by atoms with E-state index in [0.717, 1.165) is 18.4 Å². The van der Waals surface area contributed by atoms with E-state index in [1.165, 1.54) is 23.3 Å². The van der Waals surface area contributed by atoms with Gasteiger partial charge in [0.15, 0.2) is 0 Å². The molecule has 0 fully saturated rings. The standard InChI is InChI=1S/C19H20F3N/c1-23(2)18-12-11-15(16-5-3-4-6-17(16)18)13-7-9-14(10-8-13)19(20,21)22/h3-10,15,18H,11-12H2,1-2H3/t15-,18+/m0/s1. The molecule has 0 amide bonds. The van der Waals surface area contributed by atoms with Crippen molar-refractivity contribution in [3.8, 4) is 0 Å². The van der Waals surface area contributed by atoms with Crippen molar-refractivity contribution < 1.29 is 13.2 Å². The third-order valence-corrected chi connectivity index (χ3v) is 4.72. The third kappa shape index (κ3) is 3.13. The molecule has 1 aliphatic rings. The average molecular weight is 319 g/mol. The second kappa shape index (κ2) is 6.00. The van der Waals surface area contributed by atoms with Gasteiger partial charge in [-0.3, -0.25) is 0 Å². The molecule has 0 saturated carbocycles. The van der Waals surface area contributed by atoms with Crippen LogP contribution in [0.25, 0.3) is 0 Å². The molecule has 0 bridgehead atoms. The number of hydrogen-bond donors (Lipinski definition) is 0. The van der Waals surface area contributed by atoms with Crippen LogP contribution in [0.2, 0.25) is 0 Å². The Morgan fingerprint density at radius 1 is 0.870 bits per heavy atom. The minimum Gasteiger partial charge on any atom is -0.302 e. The van der Waals surface area contributed by atoms with Gasteiger partial charge in [-0.2, -0.15) is 13.2 Å². The zero-order valence-electron chi connectivity index (χ0n) is 13.3. The van der Waals surface area contributed by atoms with Gasteiger partial charge in [0.05, 0.1) is 5.56 Å². The van der Waals surface area contributed by atoms with Gasteiger partial charge in [-0.1, -0.05) is 36.4 Å². The van der Waals surface area contributed by atoms with Crippen molar-refractivity contribution in [1.82, 2.24) is 4.90 Å². The molecule has 0 radical (unpaired) electrons. The first-order valence-electron chi connectivity index (χ1n) is 7.80. The topological polar surface area (TPSA) is 3.24 Å². The summed E-state index contributed by atoms with van der Waals surface area (Å²) in [4.78, 5) is 2.21. The van der Waals surface area contributed by atoms with Crippen molar-refractivity contribution in [2.24, 2.45) is 0 Å². The summed E-state index contributed by atoms with van der Waals surface area (Å²) < 4.78 is 38.2. The second-order valence-electron chi connectivity index (χ2n) is 6.36. The molecule has 0 heterocycles. The maximum Gasteiger partial charge on any atom is 0.416 e. The molecule has 0 unspecified atom stereocenters. The van der Waals surface area contributed by atoms with Crippen molar-refractivity contribution >= 4 is 0 Å². The summed E-state index contributed by atoms with van der Waals surface area (Å²) in [5, 5.41) is 0. The van der Waals surface area contributed by atoms with E-state index >= 15 is 0 Å². The fraction of sp³-hybridized carbons (Fsp3) is 0.368. The average Bonchev–Trinajstić information content (AvgIpc) is 2.53. The Morgan fingerprint density at radius 3 is 2.04 bits per heavy atom. The summed E-state index contributed by atoms with van der Waals surface area (Å²) in [5.74, 6) is 0.171. The Morgan fingerprint density at radius 2 is 1.48 bits per heavy atom. The van der Waals surface area contributed by atoms with Gasteiger partial charge in [-0.15, -0.1) is 0 Å². The maximum absolute atomic E-state index is 12.7. The van der Waals surface area contributed by atoms with Crippen LogP contribution in [-0.4, -0.2) is 19.0 Å². The molecule has 23 heavy (non-hydrogen) atoms. The highest BCUT2D eigenvalue weighted by atomic mass is 19.4. The largest absolute Gasteiger partial charge is 0.416 e. The zero-order chi connectivity index (χ0) is 16.6. The van der Waals surface area contributed by atoms with Gasteiger partial charge in [0.25, 0.3) is 0 Å². The Bertz CT molecular complexity index is 674. The first-order chi connectivity index (χ1) is 10.9. The fourth-order valence-corrected chi connectivity index (χ4v) is 3.55. The first-order valence-corrected chi connectivity index (χ1v) is 7.80. The van der Waals surface area contributed by atoms with Crippen molar-refractivity contribution in [3.05, 3.63) is 70.8 Å². The van der Waals surface area contributed by atoms with Gasteiger partial charge in [-0.05, 0) is 55.8 Å². The fourth-order valence-electron chi connectivity index (χ4n) is 3.55. The van der Waals surface area contributed by atoms with E-state index in [1.54, 1.807) is 12.1 Å². The molecule has 4 heteroatoms. The molecule has 3 rings (SSSR count). The van der Waals surface area contributed by atoms with E-state index in [-0.39, 0.29) is 5.92 Å². The Kier molecular flexibility index (Phi) is 4.19. The number of fused-ring (bicyclic) bond motifs is 1. The SMILES string of the molecule is CN(C)[C@@H]1CC[C@@H](c2ccc(C(F)(F)F)cc2)c2ccccc21. The van der Waals surface area contributed by atoms with Crippen LogP contribution in [0.4, 0.5) is 13.2 Å². The van der Waals surface area contributed by atoms with Crippen LogP contribution >= 0.6 is 0 Å². The normalized spacial score (nSPS) is 21.3. The van der Waals surface area contributed by atoms with E-state index in [4.69, 9.17) is 0 Å². The van der Waals surface area contributed by atoms with Crippen LogP contribution in [0.3, 0.4) is 0 Å². The van der Waals surface area contributed by atoms with Gasteiger partial charge < -0.3 is 4.90 Å². The molecular formula is C19H20F3N. The molecule has 0 aliphatic heterocycles. The van der Waals surface area contributed by atoms with E-state index < -0.39 is 11.7 Å². The molecule has 2 aromatic rings. The lowest BCUT2D eigenvalue weighted by Gasteiger charge is -2.35. The molecule has 0 aromatic heterocycles. The lowest BCUT2D eigenvalue weighted by molar-refractivity contribution is -0.137. The molecule has 0 spiro atoms. The summed E-state index contributed by atoms with van der Waals surface area (Å²) in [6.07, 6.45) is -2.32. The van der Waals surface area contributed by atoms with Crippen molar-refractivity contribution in [1.29, 1.82) is 0 Å². The number of halogens is 3. The Hall–Kier alpha value is -1.81. The highest BCUT2D eigenvalue weighted by Gasteiger charge is 2.32. The van der Waals surface area contributed by atoms with E-state index in [2.05, 4.69) is 31.1 Å². The molecule has 2 atom stereocenters. The number of rotatable bonds is 2. The van der Waals surface area contributed by atoms with Crippen LogP contribution in [0.1, 0.15) is 47.1 Å². The van der Waals surface area contributed by atoms with Gasteiger partial charge in [0.1, 0.15) is 0 Å². The first kappa shape index (κ1) is 16.1. The van der Waals surface area contributed by atoms with Crippen molar-refractivity contribution in [2.75, 3.05) is 14.1 Å². The highest BCUT2D eigenvalue weighted by Crippen LogP contribution is 2.43. The molecule has 0 saturated heterocycles. The third-order valence-electron chi connectivity index (χ3n) is 4.72. The number of hydrogen-bond acceptors (Lipinski definition) is 1. The highest BCUT2D eigenvalue weighted by molar-refractivity contribution is 5.42. The molecular weight excluding hydrogens is 299 g/mol. The van der Waals surface area contributed by atoms with Crippen LogP contribution in [0.15, 0.2) is 48.5 Å². The number of benzene rings is 2. The lowest BCUT2D eigenvalue weighted by Crippen LogP contribution is -2.26. The van der Waals surface area contributed by atoms with Gasteiger partial charge in [-0.25, -0.2) is 0 Å². The molecule has 1 aliphatic carbocycles. The van der Waals surface area contributed by atoms with E-state index in [9.17, 15) is 13.2 Å². The molecule has 122 valence electrons. The van der Waals surface area contributed by atoms with E-state index in [0.29, 0.717) is 6.04 Å². The predicted molar refractivity (Wildman–Crippen MR) is 85.4 cm³/mol. The van der Waals surface area contributed by atoms with Crippen LogP contribution in [0, 0.1) is 0 Å². The second-order valence-corrected chi connectivity index (χ2v) is 6.36. The maximum atomic E-state index is 12.7. The summed E-state index contributed by atoms with van der Waals surface area (Å²) in [5.41, 5.74) is 2.89. The smallest absolute Gasteiger partial charge is 0.302 e. The van der Waals surface area contributed by atoms with Crippen LogP contribution in [-0.2, 0) is 6.18 Å². The summed E-state index contributed by atoms with van der Waals surface area (Å²) in [6, 6.07) is 14.3. The van der Waals surface area contributed by atoms with Gasteiger partial charge in [0.2, 0.25) is 0 Å². The van der Waals surface area contributed by atoms with Crippen molar-refractivity contribution in [3.63, 3.8) is 0 Å². The number of alkyl halides is 3. The molecule has 0 N–H and O–H groups in total. The van der Waals surface area contributed by atoms with Crippen molar-refractivity contribution in [2.45, 2.75) is 31.0 Å². The Balaban J connectivity index is 1.96. The zero-order valence-corrected chi connectivity index (χ0v) is 13.3. The predicted octanol–water partition coefficient (Wildman–Crippen LogP) is 5.23. The van der Waals surface area contributed by atoms with E-state index in [1.807, 2.05) is 12.1 Å². The van der Waals surface area contributed by atoms with Crippen LogP contribution < -0.4 is 0 Å². The quantitative estimate of drug-likeness (QED) is 0.732. The number of nitrogens with zero attached hydrogens (tertiary/aromatic N) is 1. The van der Waals surface area contributed by atoms with Gasteiger partial charge >= 0.3 is 6.18 Å². The minimum atomic E-state index is -4.28. The summed E-state index contributed by atoms with van der Waals surface area (Å²) in [7, 11) is 4.14. The molecule has 1 nitrogen and oxygen atoms in total. The van der Waals surface area contributed by atoms with Crippen LogP contribution in [0.5, 0.6) is 0 Å². The van der Waals surface area contributed by atoms with Gasteiger partial charge in [0, 0.05) is 12.0 Å². The summed E-state index contributed by atoms with van der Waals surface area (Å²) >= 11 is 0.